The van der Waals surface area contributed by atoms with Crippen molar-refractivity contribution in [2.24, 2.45) is 11.3 Å². The molecule has 0 bridgehead atoms. The van der Waals surface area contributed by atoms with Crippen LogP contribution in [0.25, 0.3) is 0 Å². The lowest BCUT2D eigenvalue weighted by molar-refractivity contribution is -0.192. The Kier molecular flexibility index (Phi) is 6.14. The first-order valence-electron chi connectivity index (χ1n) is 8.61. The van der Waals surface area contributed by atoms with Gasteiger partial charge in [0.25, 0.3) is 0 Å². The molecule has 1 N–H and O–H groups in total. The Balaban J connectivity index is 0.000000321. The number of hydrogen-bond donors (Lipinski definition) is 1. The van der Waals surface area contributed by atoms with Gasteiger partial charge in [-0.25, -0.2) is 4.79 Å². The summed E-state index contributed by atoms with van der Waals surface area (Å²) < 4.78 is 31.7. The minimum absolute atomic E-state index is 0.257. The van der Waals surface area contributed by atoms with E-state index in [0.29, 0.717) is 5.91 Å². The molecule has 2 aliphatic rings. The number of carboxylic acids is 1. The number of aromatic nitrogens is 1. The second-order valence-corrected chi connectivity index (χ2v) is 7.39. The van der Waals surface area contributed by atoms with Crippen LogP contribution in [0.2, 0.25) is 0 Å². The third-order valence-corrected chi connectivity index (χ3v) is 4.97. The third kappa shape index (κ3) is 5.41. The highest BCUT2D eigenvalue weighted by Crippen LogP contribution is 2.59. The first kappa shape index (κ1) is 21.1. The van der Waals surface area contributed by atoms with Crippen LogP contribution >= 0.6 is 0 Å². The van der Waals surface area contributed by atoms with E-state index in [0.717, 1.165) is 43.9 Å². The molecule has 2 unspecified atom stereocenters. The molecule has 2 fully saturated rings. The van der Waals surface area contributed by atoms with E-state index >= 15 is 0 Å². The number of amides is 1. The zero-order valence-electron chi connectivity index (χ0n) is 15.6. The average molecular weight is 387 g/mol. The number of likely N-dealkylation sites (tertiary alicyclic amines) is 1. The van der Waals surface area contributed by atoms with Gasteiger partial charge in [0.2, 0.25) is 5.91 Å². The summed E-state index contributed by atoms with van der Waals surface area (Å²) in [6.45, 7) is 5.08. The van der Waals surface area contributed by atoms with E-state index < -0.39 is 12.1 Å². The molecule has 1 amide bonds. The zero-order valence-corrected chi connectivity index (χ0v) is 15.6. The number of pyridine rings is 1. The standard InChI is InChI=1S/C16H23N3O.C2HF3O2/c1-12-5-4-6-13(17-12)10-19-8-7-16(11-19)9-14(16)15(20)18(2)3;3-2(4,5)1(6)7/h4-6,14H,7-11H2,1-3H3;(H,6,7). The molecule has 2 atom stereocenters. The SMILES string of the molecule is Cc1cccc(CN2CCC3(CC3C(=O)N(C)C)C2)n1.O=C(O)C(F)(F)F. The molecule has 27 heavy (non-hydrogen) atoms. The Hall–Kier alpha value is -2.16. The Labute approximate surface area is 156 Å². The number of alkyl halides is 3. The van der Waals surface area contributed by atoms with Crippen LogP contribution < -0.4 is 0 Å². The molecular formula is C18H24F3N3O3. The zero-order chi connectivity index (χ0) is 20.4. The summed E-state index contributed by atoms with van der Waals surface area (Å²) in [7, 11) is 3.72. The number of carbonyl (C=O) groups excluding carboxylic acids is 1. The first-order chi connectivity index (χ1) is 12.4. The van der Waals surface area contributed by atoms with Crippen molar-refractivity contribution in [3.05, 3.63) is 29.6 Å². The van der Waals surface area contributed by atoms with Crippen LogP contribution in [0.3, 0.4) is 0 Å². The number of nitrogens with zero attached hydrogens (tertiary/aromatic N) is 3. The van der Waals surface area contributed by atoms with Crippen LogP contribution in [-0.2, 0) is 16.1 Å². The Morgan fingerprint density at radius 3 is 2.52 bits per heavy atom. The molecule has 1 spiro atoms. The van der Waals surface area contributed by atoms with E-state index in [1.165, 1.54) is 0 Å². The topological polar surface area (TPSA) is 73.7 Å². The number of aliphatic carboxylic acids is 1. The minimum Gasteiger partial charge on any atom is -0.475 e. The van der Waals surface area contributed by atoms with Gasteiger partial charge in [-0.05, 0) is 43.9 Å². The number of hydrogen-bond acceptors (Lipinski definition) is 4. The van der Waals surface area contributed by atoms with E-state index in [2.05, 4.69) is 22.0 Å². The molecule has 1 saturated carbocycles. The molecule has 9 heteroatoms. The summed E-state index contributed by atoms with van der Waals surface area (Å²) in [4.78, 5) is 29.7. The highest BCUT2D eigenvalue weighted by atomic mass is 19.4. The van der Waals surface area contributed by atoms with E-state index in [-0.39, 0.29) is 11.3 Å². The molecule has 1 aromatic heterocycles. The fourth-order valence-electron chi connectivity index (χ4n) is 3.50. The number of carbonyl (C=O) groups is 2. The third-order valence-electron chi connectivity index (χ3n) is 4.97. The normalized spacial score (nSPS) is 24.3. The number of rotatable bonds is 3. The Bertz CT molecular complexity index is 709. The maximum atomic E-state index is 12.1. The van der Waals surface area contributed by atoms with Crippen LogP contribution in [0.4, 0.5) is 13.2 Å². The second-order valence-electron chi connectivity index (χ2n) is 7.39. The largest absolute Gasteiger partial charge is 0.490 e. The summed E-state index contributed by atoms with van der Waals surface area (Å²) in [6, 6.07) is 6.19. The molecule has 0 radical (unpaired) electrons. The number of halogens is 3. The molecule has 1 aliphatic heterocycles. The lowest BCUT2D eigenvalue weighted by atomic mass is 10.0. The van der Waals surface area contributed by atoms with Gasteiger partial charge < -0.3 is 10.0 Å². The van der Waals surface area contributed by atoms with Crippen LogP contribution in [0.5, 0.6) is 0 Å². The summed E-state index contributed by atoms with van der Waals surface area (Å²) in [5.41, 5.74) is 2.48. The highest BCUT2D eigenvalue weighted by molar-refractivity contribution is 5.82. The van der Waals surface area contributed by atoms with Gasteiger partial charge in [-0.15, -0.1) is 0 Å². The van der Waals surface area contributed by atoms with E-state index in [1.807, 2.05) is 27.1 Å². The van der Waals surface area contributed by atoms with Crippen molar-refractivity contribution in [3.8, 4) is 0 Å². The molecule has 6 nitrogen and oxygen atoms in total. The predicted octanol–water partition coefficient (Wildman–Crippen LogP) is 2.32. The quantitative estimate of drug-likeness (QED) is 0.862. The highest BCUT2D eigenvalue weighted by Gasteiger charge is 2.60. The van der Waals surface area contributed by atoms with Gasteiger partial charge in [-0.1, -0.05) is 6.07 Å². The molecule has 1 saturated heterocycles. The Morgan fingerprint density at radius 2 is 2.00 bits per heavy atom. The predicted molar refractivity (Wildman–Crippen MR) is 91.8 cm³/mol. The van der Waals surface area contributed by atoms with Crippen molar-refractivity contribution in [1.82, 2.24) is 14.8 Å². The van der Waals surface area contributed by atoms with E-state index in [1.54, 1.807) is 4.90 Å². The van der Waals surface area contributed by atoms with Crippen molar-refractivity contribution in [2.45, 2.75) is 32.5 Å². The fourth-order valence-corrected chi connectivity index (χ4v) is 3.50. The van der Waals surface area contributed by atoms with Gasteiger partial charge in [-0.2, -0.15) is 13.2 Å². The fraction of sp³-hybridized carbons (Fsp3) is 0.611. The number of carboxylic acid groups (broad SMARTS) is 1. The van der Waals surface area contributed by atoms with Crippen LogP contribution in [-0.4, -0.2) is 65.1 Å². The molecule has 1 aliphatic carbocycles. The van der Waals surface area contributed by atoms with Crippen molar-refractivity contribution in [1.29, 1.82) is 0 Å². The van der Waals surface area contributed by atoms with E-state index in [4.69, 9.17) is 9.90 Å². The van der Waals surface area contributed by atoms with Crippen LogP contribution in [0.1, 0.15) is 24.2 Å². The maximum Gasteiger partial charge on any atom is 0.490 e. The Morgan fingerprint density at radius 1 is 1.37 bits per heavy atom. The maximum absolute atomic E-state index is 12.1. The van der Waals surface area contributed by atoms with E-state index in [9.17, 15) is 18.0 Å². The van der Waals surface area contributed by atoms with Gasteiger partial charge in [0.15, 0.2) is 0 Å². The van der Waals surface area contributed by atoms with Crippen molar-refractivity contribution in [2.75, 3.05) is 27.2 Å². The molecule has 150 valence electrons. The summed E-state index contributed by atoms with van der Waals surface area (Å²) in [5.74, 6) is -2.19. The molecular weight excluding hydrogens is 363 g/mol. The minimum atomic E-state index is -5.08. The van der Waals surface area contributed by atoms with Crippen molar-refractivity contribution in [3.63, 3.8) is 0 Å². The van der Waals surface area contributed by atoms with Crippen LogP contribution in [0, 0.1) is 18.3 Å². The van der Waals surface area contributed by atoms with Crippen LogP contribution in [0.15, 0.2) is 18.2 Å². The number of aryl methyl sites for hydroxylation is 1. The molecule has 1 aromatic rings. The van der Waals surface area contributed by atoms with Crippen molar-refractivity contribution >= 4 is 11.9 Å². The molecule has 0 aromatic carbocycles. The van der Waals surface area contributed by atoms with Gasteiger partial charge in [0.05, 0.1) is 5.69 Å². The monoisotopic (exact) mass is 387 g/mol. The lowest BCUT2D eigenvalue weighted by Gasteiger charge is -2.16. The summed E-state index contributed by atoms with van der Waals surface area (Å²) in [5, 5.41) is 7.12. The van der Waals surface area contributed by atoms with Gasteiger partial charge >= 0.3 is 12.1 Å². The smallest absolute Gasteiger partial charge is 0.475 e. The van der Waals surface area contributed by atoms with Crippen molar-refractivity contribution < 1.29 is 27.9 Å². The first-order valence-corrected chi connectivity index (χ1v) is 8.61. The molecule has 2 heterocycles. The van der Waals surface area contributed by atoms with Gasteiger partial charge in [0, 0.05) is 38.8 Å². The summed E-state index contributed by atoms with van der Waals surface area (Å²) in [6.07, 6.45) is -2.86. The lowest BCUT2D eigenvalue weighted by Crippen LogP contribution is -2.27. The molecule has 3 rings (SSSR count). The summed E-state index contributed by atoms with van der Waals surface area (Å²) >= 11 is 0. The second kappa shape index (κ2) is 7.84. The van der Waals surface area contributed by atoms with Gasteiger partial charge in [-0.3, -0.25) is 14.7 Å². The average Bonchev–Trinajstić information content (AvgIpc) is 3.10. The van der Waals surface area contributed by atoms with Gasteiger partial charge in [0.1, 0.15) is 0 Å².